The topological polar surface area (TPSA) is 83.3 Å². The second-order valence-corrected chi connectivity index (χ2v) is 6.61. The molecule has 1 aromatic carbocycles. The van der Waals surface area contributed by atoms with Gasteiger partial charge in [0.15, 0.2) is 5.96 Å². The molecule has 30 heavy (non-hydrogen) atoms. The monoisotopic (exact) mass is 520 g/mol. The summed E-state index contributed by atoms with van der Waals surface area (Å²) in [6.07, 6.45) is 6.29. The molecular weight excluding hydrogens is 491 g/mol. The van der Waals surface area contributed by atoms with Crippen LogP contribution in [0.2, 0.25) is 0 Å². The highest BCUT2D eigenvalue weighted by Crippen LogP contribution is 2.15. The summed E-state index contributed by atoms with van der Waals surface area (Å²) >= 11 is 0. The molecule has 0 radical (unpaired) electrons. The second kappa shape index (κ2) is 12.8. The van der Waals surface area contributed by atoms with Crippen molar-refractivity contribution in [1.82, 2.24) is 25.5 Å². The number of para-hydroxylation sites is 1. The number of benzene rings is 1. The van der Waals surface area contributed by atoms with Crippen molar-refractivity contribution in [2.45, 2.75) is 19.9 Å². The Hall–Kier alpha value is -2.62. The van der Waals surface area contributed by atoms with E-state index in [0.29, 0.717) is 18.7 Å². The van der Waals surface area contributed by atoms with Crippen molar-refractivity contribution in [2.75, 3.05) is 26.2 Å². The van der Waals surface area contributed by atoms with Crippen LogP contribution >= 0.6 is 24.0 Å². The first-order valence-corrected chi connectivity index (χ1v) is 10.0. The van der Waals surface area contributed by atoms with Crippen LogP contribution in [-0.4, -0.2) is 47.6 Å². The lowest BCUT2D eigenvalue weighted by molar-refractivity contribution is 0.0954. The Morgan fingerprint density at radius 3 is 2.70 bits per heavy atom. The lowest BCUT2D eigenvalue weighted by Gasteiger charge is -2.12. The van der Waals surface area contributed by atoms with E-state index in [0.717, 1.165) is 32.0 Å². The number of halogens is 1. The van der Waals surface area contributed by atoms with Crippen molar-refractivity contribution in [3.8, 4) is 0 Å². The minimum absolute atomic E-state index is 0. The molecule has 0 aliphatic carbocycles. The quantitative estimate of drug-likeness (QED) is 0.175. The number of amides is 1. The van der Waals surface area contributed by atoms with E-state index < -0.39 is 0 Å². The number of nitrogens with one attached hydrogen (secondary N) is 3. The van der Waals surface area contributed by atoms with E-state index in [1.165, 1.54) is 10.9 Å². The van der Waals surface area contributed by atoms with Gasteiger partial charge in [-0.2, -0.15) is 0 Å². The second-order valence-electron chi connectivity index (χ2n) is 6.61. The maximum absolute atomic E-state index is 12.0. The molecule has 2 aromatic heterocycles. The first-order valence-electron chi connectivity index (χ1n) is 10.0. The fraction of sp³-hybridized carbons (Fsp3) is 0.318. The van der Waals surface area contributed by atoms with Gasteiger partial charge in [0, 0.05) is 56.8 Å². The maximum Gasteiger partial charge on any atom is 0.252 e. The highest BCUT2D eigenvalue weighted by Gasteiger charge is 2.04. The number of hydrogen-bond donors (Lipinski definition) is 3. The van der Waals surface area contributed by atoms with E-state index in [1.807, 2.05) is 6.92 Å². The smallest absolute Gasteiger partial charge is 0.252 e. The van der Waals surface area contributed by atoms with Crippen LogP contribution in [0.1, 0.15) is 23.7 Å². The molecule has 0 aliphatic rings. The lowest BCUT2D eigenvalue weighted by Crippen LogP contribution is -2.41. The number of aliphatic imine (C=N–C) groups is 1. The Morgan fingerprint density at radius 1 is 1.07 bits per heavy atom. The fourth-order valence-electron chi connectivity index (χ4n) is 3.07. The number of carbonyl (C=O) groups excluding carboxylic acids is 1. The first-order chi connectivity index (χ1) is 14.3. The van der Waals surface area contributed by atoms with Gasteiger partial charge in [-0.15, -0.1) is 24.0 Å². The zero-order valence-electron chi connectivity index (χ0n) is 17.2. The van der Waals surface area contributed by atoms with Gasteiger partial charge in [0.05, 0.1) is 5.56 Å². The highest BCUT2D eigenvalue weighted by molar-refractivity contribution is 14.0. The predicted octanol–water partition coefficient (Wildman–Crippen LogP) is 3.03. The van der Waals surface area contributed by atoms with Crippen molar-refractivity contribution in [1.29, 1.82) is 0 Å². The minimum atomic E-state index is -0.124. The third-order valence-corrected chi connectivity index (χ3v) is 4.48. The van der Waals surface area contributed by atoms with E-state index in [1.54, 1.807) is 24.5 Å². The van der Waals surface area contributed by atoms with Crippen LogP contribution in [0.5, 0.6) is 0 Å². The third-order valence-electron chi connectivity index (χ3n) is 4.48. The molecule has 0 saturated carbocycles. The van der Waals surface area contributed by atoms with Crippen LogP contribution in [0.25, 0.3) is 10.9 Å². The molecule has 0 saturated heterocycles. The van der Waals surface area contributed by atoms with Gasteiger partial charge in [-0.3, -0.25) is 14.8 Å². The highest BCUT2D eigenvalue weighted by atomic mass is 127. The summed E-state index contributed by atoms with van der Waals surface area (Å²) in [6, 6.07) is 14.0. The van der Waals surface area contributed by atoms with Crippen molar-refractivity contribution in [3.05, 3.63) is 66.6 Å². The van der Waals surface area contributed by atoms with Crippen molar-refractivity contribution >= 4 is 46.7 Å². The number of fused-ring (bicyclic) bond motifs is 1. The number of nitrogens with zero attached hydrogens (tertiary/aromatic N) is 3. The number of hydrogen-bond acceptors (Lipinski definition) is 3. The van der Waals surface area contributed by atoms with Gasteiger partial charge >= 0.3 is 0 Å². The average molecular weight is 520 g/mol. The number of carbonyl (C=O) groups is 1. The van der Waals surface area contributed by atoms with E-state index in [-0.39, 0.29) is 29.9 Å². The Bertz CT molecular complexity index is 941. The SMILES string of the molecule is CCNC(=NCCCn1ccc2ccccc21)NCCNC(=O)c1cccnc1.I. The molecule has 3 rings (SSSR count). The number of aryl methyl sites for hydroxylation is 1. The number of guanidine groups is 1. The summed E-state index contributed by atoms with van der Waals surface area (Å²) in [5.74, 6) is 0.640. The van der Waals surface area contributed by atoms with Crippen LogP contribution in [0.3, 0.4) is 0 Å². The first kappa shape index (κ1) is 23.7. The zero-order valence-corrected chi connectivity index (χ0v) is 19.5. The van der Waals surface area contributed by atoms with Gasteiger partial charge in [0.25, 0.3) is 5.91 Å². The zero-order chi connectivity index (χ0) is 20.3. The third kappa shape index (κ3) is 7.01. The van der Waals surface area contributed by atoms with Crippen molar-refractivity contribution < 1.29 is 4.79 Å². The van der Waals surface area contributed by atoms with Crippen LogP contribution in [0.4, 0.5) is 0 Å². The van der Waals surface area contributed by atoms with E-state index in [9.17, 15) is 4.79 Å². The fourth-order valence-corrected chi connectivity index (χ4v) is 3.07. The molecule has 160 valence electrons. The van der Waals surface area contributed by atoms with Crippen LogP contribution in [0, 0.1) is 0 Å². The number of rotatable bonds is 9. The lowest BCUT2D eigenvalue weighted by atomic mass is 10.2. The van der Waals surface area contributed by atoms with Gasteiger partial charge < -0.3 is 20.5 Å². The molecule has 1 amide bonds. The standard InChI is InChI=1S/C22H28N6O.HI/c1-2-24-22(27-14-13-25-21(29)19-8-5-11-23-17-19)26-12-6-15-28-16-10-18-7-3-4-9-20(18)28;/h3-5,7-11,16-17H,2,6,12-15H2,1H3,(H,25,29)(H2,24,26,27);1H. The van der Waals surface area contributed by atoms with Crippen LogP contribution in [0.15, 0.2) is 66.0 Å². The molecule has 2 heterocycles. The molecule has 0 atom stereocenters. The van der Waals surface area contributed by atoms with Crippen LogP contribution < -0.4 is 16.0 Å². The Morgan fingerprint density at radius 2 is 1.90 bits per heavy atom. The largest absolute Gasteiger partial charge is 0.357 e. The van der Waals surface area contributed by atoms with E-state index in [4.69, 9.17) is 0 Å². The maximum atomic E-state index is 12.0. The molecule has 0 fully saturated rings. The summed E-state index contributed by atoms with van der Waals surface area (Å²) in [5.41, 5.74) is 1.82. The van der Waals surface area contributed by atoms with Gasteiger partial charge in [-0.1, -0.05) is 18.2 Å². The molecule has 3 N–H and O–H groups in total. The minimum Gasteiger partial charge on any atom is -0.357 e. The molecular formula is C22H29IN6O. The van der Waals surface area contributed by atoms with Gasteiger partial charge in [-0.25, -0.2) is 0 Å². The number of pyridine rings is 1. The van der Waals surface area contributed by atoms with Gasteiger partial charge in [0.2, 0.25) is 0 Å². The number of aromatic nitrogens is 2. The molecule has 0 unspecified atom stereocenters. The summed E-state index contributed by atoms with van der Waals surface area (Å²) in [4.78, 5) is 20.6. The summed E-state index contributed by atoms with van der Waals surface area (Å²) in [6.45, 7) is 5.58. The molecule has 7 nitrogen and oxygen atoms in total. The van der Waals surface area contributed by atoms with Gasteiger partial charge in [-0.05, 0) is 43.0 Å². The molecule has 0 aliphatic heterocycles. The van der Waals surface area contributed by atoms with E-state index in [2.05, 4.69) is 67.0 Å². The molecule has 3 aromatic rings. The summed E-state index contributed by atoms with van der Waals surface area (Å²) in [5, 5.41) is 10.6. The van der Waals surface area contributed by atoms with Crippen molar-refractivity contribution in [3.63, 3.8) is 0 Å². The Balaban J connectivity index is 0.00000320. The molecule has 8 heteroatoms. The predicted molar refractivity (Wildman–Crippen MR) is 133 cm³/mol. The Labute approximate surface area is 194 Å². The van der Waals surface area contributed by atoms with Crippen LogP contribution in [-0.2, 0) is 6.54 Å². The normalized spacial score (nSPS) is 11.0. The Kier molecular flexibility index (Phi) is 10.1. The van der Waals surface area contributed by atoms with E-state index >= 15 is 0 Å². The van der Waals surface area contributed by atoms with Gasteiger partial charge in [0.1, 0.15) is 0 Å². The molecule has 0 bridgehead atoms. The average Bonchev–Trinajstić information content (AvgIpc) is 3.17. The molecule has 0 spiro atoms. The summed E-state index contributed by atoms with van der Waals surface area (Å²) < 4.78 is 2.26. The summed E-state index contributed by atoms with van der Waals surface area (Å²) in [7, 11) is 0. The van der Waals surface area contributed by atoms with Crippen molar-refractivity contribution in [2.24, 2.45) is 4.99 Å².